The lowest BCUT2D eigenvalue weighted by atomic mass is 9.91. The summed E-state index contributed by atoms with van der Waals surface area (Å²) in [5.74, 6) is 0. The molecule has 0 radical (unpaired) electrons. The Morgan fingerprint density at radius 3 is 0.917 bits per heavy atom. The Labute approximate surface area is 385 Å². The van der Waals surface area contributed by atoms with Crippen LogP contribution in [0.4, 0.5) is 0 Å². The van der Waals surface area contributed by atoms with Crippen LogP contribution in [0.1, 0.15) is 214 Å². The maximum Gasteiger partial charge on any atom is 0.0477 e. The summed E-state index contributed by atoms with van der Waals surface area (Å²) in [5.41, 5.74) is 9.33. The van der Waals surface area contributed by atoms with E-state index in [1.54, 1.807) is 22.3 Å². The molecule has 0 nitrogen and oxygen atoms in total. The molecule has 4 heterocycles. The van der Waals surface area contributed by atoms with Gasteiger partial charge in [-0.25, -0.2) is 0 Å². The molecular weight excluding hydrogens is 801 g/mol. The van der Waals surface area contributed by atoms with Gasteiger partial charge in [-0.2, -0.15) is 0 Å². The number of hydrogen-bond donors (Lipinski definition) is 0. The molecule has 0 amide bonds. The highest BCUT2D eigenvalue weighted by atomic mass is 32.1. The first-order valence-electron chi connectivity index (χ1n) is 25.0. The van der Waals surface area contributed by atoms with Crippen LogP contribution in [0.5, 0.6) is 0 Å². The average molecular weight is 884 g/mol. The third-order valence-electron chi connectivity index (χ3n) is 12.6. The molecule has 60 heavy (non-hydrogen) atoms. The van der Waals surface area contributed by atoms with Crippen molar-refractivity contribution >= 4 is 45.3 Å². The topological polar surface area (TPSA) is 0 Å². The minimum absolute atomic E-state index is 1.17. The Morgan fingerprint density at radius 2 is 0.583 bits per heavy atom. The molecule has 0 aliphatic carbocycles. The Hall–Kier alpha value is -1.98. The SMILES string of the molecule is CCCCCCCCc1cc(-c2ccc(-c3sc(C)cc3CCCCCCCC)s2)c(CCCCCCCC)cc1-c1ccc(-c2sc(C)cc2CCCCCCCC)s1. The van der Waals surface area contributed by atoms with Gasteiger partial charge >= 0.3 is 0 Å². The molecule has 4 heteroatoms. The van der Waals surface area contributed by atoms with E-state index in [0.29, 0.717) is 0 Å². The molecule has 0 spiro atoms. The van der Waals surface area contributed by atoms with Gasteiger partial charge < -0.3 is 0 Å². The van der Waals surface area contributed by atoms with Crippen molar-refractivity contribution in [2.75, 3.05) is 0 Å². The van der Waals surface area contributed by atoms with E-state index >= 15 is 0 Å². The first-order chi connectivity index (χ1) is 29.4. The fourth-order valence-corrected chi connectivity index (χ4v) is 13.6. The van der Waals surface area contributed by atoms with E-state index in [4.69, 9.17) is 0 Å². The predicted octanol–water partition coefficient (Wildman–Crippen LogP) is 20.8. The number of hydrogen-bond acceptors (Lipinski definition) is 4. The summed E-state index contributed by atoms with van der Waals surface area (Å²) in [6.07, 6.45) is 37.2. The van der Waals surface area contributed by atoms with E-state index in [0.717, 1.165) is 0 Å². The minimum atomic E-state index is 1.17. The van der Waals surface area contributed by atoms with Gasteiger partial charge in [-0.1, -0.05) is 156 Å². The smallest absolute Gasteiger partial charge is 0.0477 e. The summed E-state index contributed by atoms with van der Waals surface area (Å²) in [5, 5.41) is 0. The molecule has 0 N–H and O–H groups in total. The molecule has 0 saturated heterocycles. The molecule has 5 aromatic rings. The molecule has 0 bridgehead atoms. The summed E-state index contributed by atoms with van der Waals surface area (Å²) < 4.78 is 0. The number of thiophene rings is 4. The van der Waals surface area contributed by atoms with E-state index in [9.17, 15) is 0 Å². The van der Waals surface area contributed by atoms with Gasteiger partial charge in [0, 0.05) is 39.0 Å². The van der Waals surface area contributed by atoms with Gasteiger partial charge in [-0.15, -0.1) is 45.3 Å². The first kappa shape index (κ1) is 49.0. The standard InChI is InChI=1S/C56H82S4/c1-7-11-15-19-23-27-31-45-41-50(52-36-38-54(60-52)56-48(40-44(6)58-56)34-30-26-22-18-14-10-4)46(32-28-24-20-16-12-8-2)42-49(45)51-35-37-53(59-51)55-47(39-43(5)57-55)33-29-25-21-17-13-9-3/h35-42H,7-34H2,1-6H3. The number of rotatable bonds is 32. The molecule has 4 aromatic heterocycles. The zero-order valence-corrected chi connectivity index (χ0v) is 42.3. The highest BCUT2D eigenvalue weighted by Gasteiger charge is 2.20. The summed E-state index contributed by atoms with van der Waals surface area (Å²) >= 11 is 8.16. The van der Waals surface area contributed by atoms with Crippen molar-refractivity contribution in [2.24, 2.45) is 0 Å². The third-order valence-corrected chi connectivity index (χ3v) is 17.4. The minimum Gasteiger partial charge on any atom is -0.139 e. The van der Waals surface area contributed by atoms with Crippen molar-refractivity contribution in [1.29, 1.82) is 0 Å². The van der Waals surface area contributed by atoms with Crippen molar-refractivity contribution in [3.8, 4) is 40.4 Å². The van der Waals surface area contributed by atoms with Gasteiger partial charge in [-0.05, 0) is 147 Å². The van der Waals surface area contributed by atoms with Crippen LogP contribution < -0.4 is 0 Å². The summed E-state index contributed by atoms with van der Waals surface area (Å²) in [6, 6.07) is 20.2. The van der Waals surface area contributed by atoms with Crippen LogP contribution in [-0.4, -0.2) is 0 Å². The normalized spacial score (nSPS) is 11.7. The summed E-state index contributed by atoms with van der Waals surface area (Å²) in [4.78, 5) is 11.9. The molecule has 0 aliphatic rings. The van der Waals surface area contributed by atoms with E-state index < -0.39 is 0 Å². The zero-order valence-electron chi connectivity index (χ0n) is 39.1. The van der Waals surface area contributed by atoms with Crippen LogP contribution in [0.15, 0.2) is 48.5 Å². The molecule has 0 unspecified atom stereocenters. The zero-order chi connectivity index (χ0) is 42.4. The van der Waals surface area contributed by atoms with Crippen molar-refractivity contribution in [1.82, 2.24) is 0 Å². The molecule has 0 saturated carbocycles. The van der Waals surface area contributed by atoms with Gasteiger partial charge in [0.15, 0.2) is 0 Å². The summed E-state index contributed by atoms with van der Waals surface area (Å²) in [6.45, 7) is 13.9. The van der Waals surface area contributed by atoms with Gasteiger partial charge in [0.25, 0.3) is 0 Å². The Morgan fingerprint density at radius 1 is 0.300 bits per heavy atom. The average Bonchev–Trinajstić information content (AvgIpc) is 4.07. The highest BCUT2D eigenvalue weighted by Crippen LogP contribution is 2.46. The Bertz CT molecular complexity index is 1770. The van der Waals surface area contributed by atoms with E-state index in [1.165, 1.54) is 230 Å². The lowest BCUT2D eigenvalue weighted by molar-refractivity contribution is 0.606. The van der Waals surface area contributed by atoms with Gasteiger partial charge in [-0.3, -0.25) is 0 Å². The van der Waals surface area contributed by atoms with Crippen LogP contribution in [0.3, 0.4) is 0 Å². The van der Waals surface area contributed by atoms with Crippen LogP contribution in [0.25, 0.3) is 40.4 Å². The third kappa shape index (κ3) is 15.7. The summed E-state index contributed by atoms with van der Waals surface area (Å²) in [7, 11) is 0. The van der Waals surface area contributed by atoms with E-state index in [-0.39, 0.29) is 0 Å². The molecule has 0 atom stereocenters. The molecule has 330 valence electrons. The molecule has 5 rings (SSSR count). The number of benzene rings is 1. The first-order valence-corrected chi connectivity index (χ1v) is 28.3. The van der Waals surface area contributed by atoms with Crippen molar-refractivity contribution in [3.63, 3.8) is 0 Å². The quantitative estimate of drug-likeness (QED) is 0.0378. The maximum absolute atomic E-state index is 2.68. The Kier molecular flexibility index (Phi) is 22.8. The molecular formula is C56H82S4. The monoisotopic (exact) mass is 883 g/mol. The molecule has 1 aromatic carbocycles. The lowest BCUT2D eigenvalue weighted by Gasteiger charge is -2.16. The molecule has 0 aliphatic heterocycles. The van der Waals surface area contributed by atoms with Gasteiger partial charge in [0.1, 0.15) is 0 Å². The second kappa shape index (κ2) is 27.9. The van der Waals surface area contributed by atoms with E-state index in [1.807, 2.05) is 22.7 Å². The maximum atomic E-state index is 2.68. The predicted molar refractivity (Wildman–Crippen MR) is 277 cm³/mol. The second-order valence-electron chi connectivity index (χ2n) is 18.0. The van der Waals surface area contributed by atoms with Crippen molar-refractivity contribution in [2.45, 2.75) is 221 Å². The number of unbranched alkanes of at least 4 members (excludes halogenated alkanes) is 20. The van der Waals surface area contributed by atoms with Gasteiger partial charge in [0.2, 0.25) is 0 Å². The fraction of sp³-hybridized carbons (Fsp3) is 0.607. The second-order valence-corrected chi connectivity index (χ2v) is 22.7. The van der Waals surface area contributed by atoms with Crippen LogP contribution >= 0.6 is 45.3 Å². The van der Waals surface area contributed by atoms with Crippen LogP contribution in [-0.2, 0) is 25.7 Å². The fourth-order valence-electron chi connectivity index (χ4n) is 9.08. The van der Waals surface area contributed by atoms with Gasteiger partial charge in [0.05, 0.1) is 0 Å². The number of aryl methyl sites for hydroxylation is 6. The Balaban J connectivity index is 1.46. The highest BCUT2D eigenvalue weighted by molar-refractivity contribution is 7.24. The van der Waals surface area contributed by atoms with E-state index in [2.05, 4.69) is 113 Å². The van der Waals surface area contributed by atoms with Crippen molar-refractivity contribution < 1.29 is 0 Å². The van der Waals surface area contributed by atoms with Crippen molar-refractivity contribution in [3.05, 3.63) is 80.5 Å². The van der Waals surface area contributed by atoms with Crippen LogP contribution in [0, 0.1) is 13.8 Å². The largest absolute Gasteiger partial charge is 0.139 e. The van der Waals surface area contributed by atoms with Crippen LogP contribution in [0.2, 0.25) is 0 Å². The lowest BCUT2D eigenvalue weighted by Crippen LogP contribution is -1.97. The molecule has 0 fully saturated rings.